The summed E-state index contributed by atoms with van der Waals surface area (Å²) in [6.07, 6.45) is 0. The molecule has 14 rings (SSSR count). The van der Waals surface area contributed by atoms with Crippen molar-refractivity contribution in [2.75, 3.05) is 9.80 Å². The van der Waals surface area contributed by atoms with E-state index in [1.54, 1.807) is 0 Å². The van der Waals surface area contributed by atoms with E-state index in [0.29, 0.717) is 11.8 Å². The van der Waals surface area contributed by atoms with Crippen molar-refractivity contribution in [3.63, 3.8) is 0 Å². The Hall–Kier alpha value is -8.54. The highest BCUT2D eigenvalue weighted by molar-refractivity contribution is 6.32. The molecule has 4 aromatic heterocycles. The molecule has 0 N–H and O–H groups in total. The Labute approximate surface area is 399 Å². The molecule has 0 unspecified atom stereocenters. The number of nitrogens with zero attached hydrogens (tertiary/aromatic N) is 3. The highest BCUT2D eigenvalue weighted by Gasteiger charge is 2.24. The quantitative estimate of drug-likeness (QED) is 0.152. The van der Waals surface area contributed by atoms with Crippen LogP contribution in [0.25, 0.3) is 92.7 Å². The van der Waals surface area contributed by atoms with Crippen LogP contribution in [0.4, 0.5) is 34.1 Å². The number of rotatable bonds is 8. The lowest BCUT2D eigenvalue weighted by Crippen LogP contribution is -2.09. The van der Waals surface area contributed by atoms with Gasteiger partial charge in [0, 0.05) is 77.2 Å². The molecule has 0 spiro atoms. The third-order valence-corrected chi connectivity index (χ3v) is 14.6. The summed E-state index contributed by atoms with van der Waals surface area (Å²) in [7, 11) is 0. The van der Waals surface area contributed by atoms with Gasteiger partial charge in [0.15, 0.2) is 0 Å². The fourth-order valence-electron chi connectivity index (χ4n) is 11.4. The lowest BCUT2D eigenvalue weighted by molar-refractivity contribution is 0.656. The van der Waals surface area contributed by atoms with Crippen molar-refractivity contribution < 1.29 is 8.83 Å². The van der Waals surface area contributed by atoms with Gasteiger partial charge in [0.1, 0.15) is 22.3 Å². The van der Waals surface area contributed by atoms with E-state index in [0.717, 1.165) is 78.0 Å². The summed E-state index contributed by atoms with van der Waals surface area (Å²) < 4.78 is 15.6. The van der Waals surface area contributed by atoms with Gasteiger partial charge in [0.05, 0.1) is 16.6 Å². The third kappa shape index (κ3) is 5.90. The molecule has 0 saturated heterocycles. The number of hydrogen-bond acceptors (Lipinski definition) is 4. The molecule has 0 amide bonds. The first-order chi connectivity index (χ1) is 33.9. The molecule has 0 aliphatic rings. The SMILES string of the molecule is CC(C)c1cccc2c1oc1ccc(N(c3ccccc3)c3ccc4cc5c6ccc(N(c7ccccc7)c7ccc8oc9c(C(C)C)cccc9c8c7)cc6n6c7ccccc7c(c4c3)c56)cc12. The fraction of sp³-hybridized carbons (Fsp3) is 0.0938. The molecule has 5 heteroatoms. The van der Waals surface area contributed by atoms with Crippen LogP contribution >= 0.6 is 0 Å². The first-order valence-corrected chi connectivity index (χ1v) is 24.1. The first kappa shape index (κ1) is 39.6. The van der Waals surface area contributed by atoms with Crippen molar-refractivity contribution in [2.24, 2.45) is 0 Å². The molecule has 14 aromatic rings. The van der Waals surface area contributed by atoms with Crippen molar-refractivity contribution in [3.8, 4) is 0 Å². The molecule has 0 bridgehead atoms. The van der Waals surface area contributed by atoms with E-state index < -0.39 is 0 Å². The van der Waals surface area contributed by atoms with Crippen LogP contribution in [-0.4, -0.2) is 4.40 Å². The maximum absolute atomic E-state index is 6.56. The normalized spacial score (nSPS) is 12.3. The molecule has 0 radical (unpaired) electrons. The zero-order valence-electron chi connectivity index (χ0n) is 38.9. The average molecular weight is 890 g/mol. The highest BCUT2D eigenvalue weighted by Crippen LogP contribution is 2.48. The number of anilines is 6. The summed E-state index contributed by atoms with van der Waals surface area (Å²) in [5, 5.41) is 11.9. The monoisotopic (exact) mass is 889 g/mol. The fourth-order valence-corrected chi connectivity index (χ4v) is 11.4. The second kappa shape index (κ2) is 15.0. The van der Waals surface area contributed by atoms with Gasteiger partial charge in [-0.3, -0.25) is 0 Å². The van der Waals surface area contributed by atoms with Gasteiger partial charge in [0.25, 0.3) is 0 Å². The molecule has 0 aliphatic carbocycles. The molecule has 0 atom stereocenters. The zero-order valence-corrected chi connectivity index (χ0v) is 38.9. The zero-order chi connectivity index (χ0) is 46.1. The van der Waals surface area contributed by atoms with Crippen molar-refractivity contribution in [1.29, 1.82) is 0 Å². The number of furan rings is 2. The number of benzene rings is 10. The van der Waals surface area contributed by atoms with E-state index in [1.807, 2.05) is 0 Å². The predicted octanol–water partition coefficient (Wildman–Crippen LogP) is 19.0. The topological polar surface area (TPSA) is 37.2 Å². The summed E-state index contributed by atoms with van der Waals surface area (Å²) in [6.45, 7) is 8.91. The summed E-state index contributed by atoms with van der Waals surface area (Å²) in [5.41, 5.74) is 16.3. The van der Waals surface area contributed by atoms with Gasteiger partial charge in [-0.05, 0) is 131 Å². The molecule has 4 heterocycles. The number of fused-ring (bicyclic) bond motifs is 14. The molecule has 0 saturated carbocycles. The molecule has 0 fully saturated rings. The van der Waals surface area contributed by atoms with Gasteiger partial charge >= 0.3 is 0 Å². The van der Waals surface area contributed by atoms with Crippen molar-refractivity contribution in [2.45, 2.75) is 39.5 Å². The second-order valence-corrected chi connectivity index (χ2v) is 19.3. The summed E-state index contributed by atoms with van der Waals surface area (Å²) in [6, 6.07) is 73.1. The summed E-state index contributed by atoms with van der Waals surface area (Å²) in [4.78, 5) is 4.76. The van der Waals surface area contributed by atoms with Crippen LogP contribution in [0.5, 0.6) is 0 Å². The number of hydrogen-bond donors (Lipinski definition) is 0. The van der Waals surface area contributed by atoms with E-state index in [2.05, 4.69) is 242 Å². The van der Waals surface area contributed by atoms with Crippen molar-refractivity contribution >= 4 is 127 Å². The Morgan fingerprint density at radius 2 is 0.841 bits per heavy atom. The Morgan fingerprint density at radius 1 is 0.348 bits per heavy atom. The van der Waals surface area contributed by atoms with Crippen LogP contribution in [-0.2, 0) is 0 Å². The second-order valence-electron chi connectivity index (χ2n) is 19.3. The minimum atomic E-state index is 0.355. The van der Waals surface area contributed by atoms with Gasteiger partial charge in [-0.25, -0.2) is 0 Å². The summed E-state index contributed by atoms with van der Waals surface area (Å²) in [5.74, 6) is 0.710. The lowest BCUT2D eigenvalue weighted by Gasteiger charge is -2.26. The van der Waals surface area contributed by atoms with Crippen molar-refractivity contribution in [1.82, 2.24) is 4.40 Å². The van der Waals surface area contributed by atoms with Gasteiger partial charge in [-0.1, -0.05) is 131 Å². The summed E-state index contributed by atoms with van der Waals surface area (Å²) >= 11 is 0. The largest absolute Gasteiger partial charge is 0.456 e. The smallest absolute Gasteiger partial charge is 0.138 e. The van der Waals surface area contributed by atoms with E-state index in [1.165, 1.54) is 60.0 Å². The van der Waals surface area contributed by atoms with Crippen LogP contribution in [0, 0.1) is 0 Å². The van der Waals surface area contributed by atoms with E-state index in [9.17, 15) is 0 Å². The van der Waals surface area contributed by atoms with Crippen LogP contribution < -0.4 is 9.80 Å². The van der Waals surface area contributed by atoms with Crippen LogP contribution in [0.15, 0.2) is 209 Å². The van der Waals surface area contributed by atoms with E-state index in [4.69, 9.17) is 8.83 Å². The highest BCUT2D eigenvalue weighted by atomic mass is 16.3. The minimum Gasteiger partial charge on any atom is -0.456 e. The van der Waals surface area contributed by atoms with Crippen molar-refractivity contribution in [3.05, 3.63) is 211 Å². The Kier molecular flexibility index (Phi) is 8.60. The van der Waals surface area contributed by atoms with Crippen LogP contribution in [0.3, 0.4) is 0 Å². The standard InChI is InChI=1S/C64H47N3O2/c1-38(2)47-20-13-22-50-54-35-44(28-31-59(54)68-63(47)50)65(41-15-7-5-8-16-41)43-26-25-40-33-56-49-30-27-46(37-58(49)67-57-24-12-11-19-52(57)61(62(56)67)53(40)34-43)66(42-17-9-6-10-18-42)45-29-32-60-55(36-45)51-23-14-21-48(39(3)4)64(51)69-60/h5-39H,1-4H3. The minimum absolute atomic E-state index is 0.355. The van der Waals surface area contributed by atoms with Gasteiger partial charge in [-0.15, -0.1) is 0 Å². The van der Waals surface area contributed by atoms with Crippen LogP contribution in [0.1, 0.15) is 50.7 Å². The molecular weight excluding hydrogens is 843 g/mol. The molecule has 69 heavy (non-hydrogen) atoms. The van der Waals surface area contributed by atoms with E-state index in [-0.39, 0.29) is 0 Å². The molecule has 0 aliphatic heterocycles. The van der Waals surface area contributed by atoms with Gasteiger partial charge in [-0.2, -0.15) is 0 Å². The lowest BCUT2D eigenvalue weighted by atomic mass is 9.98. The third-order valence-electron chi connectivity index (χ3n) is 14.6. The molecule has 10 aromatic carbocycles. The van der Waals surface area contributed by atoms with Gasteiger partial charge < -0.3 is 23.0 Å². The van der Waals surface area contributed by atoms with Gasteiger partial charge in [0.2, 0.25) is 0 Å². The maximum Gasteiger partial charge on any atom is 0.138 e. The average Bonchev–Trinajstić information content (AvgIpc) is 4.14. The van der Waals surface area contributed by atoms with Crippen LogP contribution in [0.2, 0.25) is 0 Å². The maximum atomic E-state index is 6.56. The number of para-hydroxylation sites is 5. The Bertz CT molecular complexity index is 4140. The predicted molar refractivity (Wildman–Crippen MR) is 291 cm³/mol. The molecule has 330 valence electrons. The Morgan fingerprint density at radius 3 is 1.42 bits per heavy atom. The molecular formula is C64H47N3O2. The first-order valence-electron chi connectivity index (χ1n) is 24.1. The number of aromatic nitrogens is 1. The Balaban J connectivity index is 0.971. The molecule has 5 nitrogen and oxygen atoms in total. The van der Waals surface area contributed by atoms with E-state index >= 15 is 0 Å².